The van der Waals surface area contributed by atoms with Crippen molar-refractivity contribution in [1.29, 1.82) is 0 Å². The Bertz CT molecular complexity index is 898. The third kappa shape index (κ3) is 5.92. The summed E-state index contributed by atoms with van der Waals surface area (Å²) < 4.78 is 0. The van der Waals surface area contributed by atoms with Gasteiger partial charge in [0.1, 0.15) is 0 Å². The predicted molar refractivity (Wildman–Crippen MR) is 123 cm³/mol. The number of rotatable bonds is 6. The topological polar surface area (TPSA) is 65.5 Å². The number of carbonyl (C=O) groups excluding carboxylic acids is 2. The van der Waals surface area contributed by atoms with Crippen LogP contribution in [-0.4, -0.2) is 52.8 Å². The van der Waals surface area contributed by atoms with Crippen LogP contribution in [0.2, 0.25) is 0 Å². The van der Waals surface area contributed by atoms with Crippen molar-refractivity contribution in [3.05, 3.63) is 51.5 Å². The second-order valence-corrected chi connectivity index (χ2v) is 9.74. The largest absolute Gasteiger partial charge is 0.352 e. The molecule has 2 fully saturated rings. The standard InChI is InChI=1S/C24H32N4O2S/c1-18-26-22(17-31-18)16-27-12-8-20(9-13-27)23(29)25-15-19-6-5-7-21(14-19)24(30)28-10-3-2-4-11-28/h5-7,14,17,20H,2-4,8-13,15-16H2,1H3,(H,25,29). The summed E-state index contributed by atoms with van der Waals surface area (Å²) in [5.41, 5.74) is 2.83. The molecule has 0 spiro atoms. The molecule has 0 saturated carbocycles. The normalized spacial score (nSPS) is 18.2. The summed E-state index contributed by atoms with van der Waals surface area (Å²) in [7, 11) is 0. The minimum atomic E-state index is 0.0617. The lowest BCUT2D eigenvalue weighted by Crippen LogP contribution is -2.40. The Balaban J connectivity index is 1.24. The molecule has 0 unspecified atom stereocenters. The molecule has 31 heavy (non-hydrogen) atoms. The predicted octanol–water partition coefficient (Wildman–Crippen LogP) is 3.61. The summed E-state index contributed by atoms with van der Waals surface area (Å²) in [5.74, 6) is 0.291. The summed E-state index contributed by atoms with van der Waals surface area (Å²) in [6.45, 7) is 6.92. The van der Waals surface area contributed by atoms with Gasteiger partial charge in [-0.3, -0.25) is 14.5 Å². The van der Waals surface area contributed by atoms with Crippen LogP contribution in [0.5, 0.6) is 0 Å². The number of piperidine rings is 2. The molecular weight excluding hydrogens is 408 g/mol. The Hall–Kier alpha value is -2.25. The quantitative estimate of drug-likeness (QED) is 0.745. The van der Waals surface area contributed by atoms with E-state index < -0.39 is 0 Å². The van der Waals surface area contributed by atoms with Crippen LogP contribution in [0.1, 0.15) is 58.7 Å². The number of hydrogen-bond acceptors (Lipinski definition) is 5. The molecule has 3 heterocycles. The van der Waals surface area contributed by atoms with E-state index in [1.807, 2.05) is 36.1 Å². The summed E-state index contributed by atoms with van der Waals surface area (Å²) in [6.07, 6.45) is 5.14. The van der Waals surface area contributed by atoms with Gasteiger partial charge in [0.15, 0.2) is 0 Å². The fraction of sp³-hybridized carbons (Fsp3) is 0.542. The summed E-state index contributed by atoms with van der Waals surface area (Å²) >= 11 is 1.69. The Morgan fingerprint density at radius 2 is 1.90 bits per heavy atom. The average molecular weight is 441 g/mol. The molecule has 7 heteroatoms. The molecule has 2 aromatic rings. The lowest BCUT2D eigenvalue weighted by molar-refractivity contribution is -0.126. The molecule has 1 N–H and O–H groups in total. The third-order valence-electron chi connectivity index (χ3n) is 6.29. The number of amides is 2. The van der Waals surface area contributed by atoms with Crippen molar-refractivity contribution in [3.63, 3.8) is 0 Å². The van der Waals surface area contributed by atoms with Gasteiger partial charge in [-0.25, -0.2) is 4.98 Å². The first-order valence-corrected chi connectivity index (χ1v) is 12.3. The van der Waals surface area contributed by atoms with Crippen molar-refractivity contribution in [1.82, 2.24) is 20.1 Å². The molecule has 2 amide bonds. The van der Waals surface area contributed by atoms with Crippen molar-refractivity contribution in [2.75, 3.05) is 26.2 Å². The SMILES string of the molecule is Cc1nc(CN2CCC(C(=O)NCc3cccc(C(=O)N4CCCCC4)c3)CC2)cs1. The van der Waals surface area contributed by atoms with Crippen molar-refractivity contribution >= 4 is 23.2 Å². The highest BCUT2D eigenvalue weighted by molar-refractivity contribution is 7.09. The van der Waals surface area contributed by atoms with Crippen LogP contribution in [0.15, 0.2) is 29.6 Å². The van der Waals surface area contributed by atoms with Gasteiger partial charge in [-0.1, -0.05) is 12.1 Å². The van der Waals surface area contributed by atoms with Gasteiger partial charge >= 0.3 is 0 Å². The van der Waals surface area contributed by atoms with E-state index in [1.165, 1.54) is 6.42 Å². The first-order valence-electron chi connectivity index (χ1n) is 11.4. The van der Waals surface area contributed by atoms with Crippen LogP contribution in [-0.2, 0) is 17.9 Å². The fourth-order valence-corrected chi connectivity index (χ4v) is 5.09. The van der Waals surface area contributed by atoms with Crippen LogP contribution < -0.4 is 5.32 Å². The number of nitrogens with zero attached hydrogens (tertiary/aromatic N) is 3. The van der Waals surface area contributed by atoms with Gasteiger partial charge in [0.2, 0.25) is 5.91 Å². The average Bonchev–Trinajstić information content (AvgIpc) is 3.22. The number of aryl methyl sites for hydroxylation is 1. The highest BCUT2D eigenvalue weighted by Gasteiger charge is 2.25. The van der Waals surface area contributed by atoms with Crippen LogP contribution >= 0.6 is 11.3 Å². The Kier molecular flexibility index (Phi) is 7.35. The molecule has 0 atom stereocenters. The van der Waals surface area contributed by atoms with Gasteiger partial charge in [0.05, 0.1) is 10.7 Å². The first-order chi connectivity index (χ1) is 15.1. The van der Waals surface area contributed by atoms with Gasteiger partial charge in [-0.05, 0) is 69.8 Å². The van der Waals surface area contributed by atoms with Gasteiger partial charge in [0.25, 0.3) is 5.91 Å². The summed E-state index contributed by atoms with van der Waals surface area (Å²) in [4.78, 5) is 34.3. The van der Waals surface area contributed by atoms with E-state index in [1.54, 1.807) is 11.3 Å². The zero-order chi connectivity index (χ0) is 21.6. The fourth-order valence-electron chi connectivity index (χ4n) is 4.49. The molecule has 2 aliphatic heterocycles. The Morgan fingerprint density at radius 3 is 2.61 bits per heavy atom. The first kappa shape index (κ1) is 22.0. The molecule has 1 aromatic heterocycles. The highest BCUT2D eigenvalue weighted by Crippen LogP contribution is 2.20. The Morgan fingerprint density at radius 1 is 1.13 bits per heavy atom. The van der Waals surface area contributed by atoms with E-state index in [4.69, 9.17) is 0 Å². The molecular formula is C24H32N4O2S. The molecule has 2 aliphatic rings. The van der Waals surface area contributed by atoms with Gasteiger partial charge in [0, 0.05) is 43.0 Å². The lowest BCUT2D eigenvalue weighted by Gasteiger charge is -2.30. The maximum Gasteiger partial charge on any atom is 0.253 e. The minimum Gasteiger partial charge on any atom is -0.352 e. The number of hydrogen-bond donors (Lipinski definition) is 1. The molecule has 0 radical (unpaired) electrons. The second kappa shape index (κ2) is 10.4. The van der Waals surface area contributed by atoms with E-state index in [-0.39, 0.29) is 17.7 Å². The van der Waals surface area contributed by atoms with Gasteiger partial charge in [-0.15, -0.1) is 11.3 Å². The van der Waals surface area contributed by atoms with E-state index in [0.717, 1.165) is 80.2 Å². The van der Waals surface area contributed by atoms with E-state index in [9.17, 15) is 9.59 Å². The molecule has 0 aliphatic carbocycles. The van der Waals surface area contributed by atoms with Crippen LogP contribution in [0, 0.1) is 12.8 Å². The number of thiazole rings is 1. The second-order valence-electron chi connectivity index (χ2n) is 8.68. The smallest absolute Gasteiger partial charge is 0.253 e. The number of aromatic nitrogens is 1. The minimum absolute atomic E-state index is 0.0617. The molecule has 166 valence electrons. The van der Waals surface area contributed by atoms with Gasteiger partial charge < -0.3 is 10.2 Å². The third-order valence-corrected chi connectivity index (χ3v) is 7.12. The van der Waals surface area contributed by atoms with Crippen molar-refractivity contribution in [2.24, 2.45) is 5.92 Å². The lowest BCUT2D eigenvalue weighted by atomic mass is 9.95. The monoisotopic (exact) mass is 440 g/mol. The van der Waals surface area contributed by atoms with Crippen LogP contribution in [0.4, 0.5) is 0 Å². The molecule has 1 aromatic carbocycles. The van der Waals surface area contributed by atoms with Crippen molar-refractivity contribution < 1.29 is 9.59 Å². The van der Waals surface area contributed by atoms with Gasteiger partial charge in [-0.2, -0.15) is 0 Å². The zero-order valence-corrected chi connectivity index (χ0v) is 19.1. The maximum absolute atomic E-state index is 12.7. The Labute approximate surface area is 188 Å². The van der Waals surface area contributed by atoms with E-state index in [0.29, 0.717) is 6.54 Å². The number of nitrogens with one attached hydrogen (secondary N) is 1. The van der Waals surface area contributed by atoms with Crippen molar-refractivity contribution in [3.8, 4) is 0 Å². The zero-order valence-electron chi connectivity index (χ0n) is 18.3. The van der Waals surface area contributed by atoms with Crippen LogP contribution in [0.25, 0.3) is 0 Å². The van der Waals surface area contributed by atoms with E-state index >= 15 is 0 Å². The summed E-state index contributed by atoms with van der Waals surface area (Å²) in [5, 5.41) is 6.32. The van der Waals surface area contributed by atoms with Crippen molar-refractivity contribution in [2.45, 2.75) is 52.1 Å². The molecule has 2 saturated heterocycles. The maximum atomic E-state index is 12.7. The summed E-state index contributed by atoms with van der Waals surface area (Å²) in [6, 6.07) is 7.69. The van der Waals surface area contributed by atoms with Crippen LogP contribution in [0.3, 0.4) is 0 Å². The number of likely N-dealkylation sites (tertiary alicyclic amines) is 2. The number of benzene rings is 1. The molecule has 4 rings (SSSR count). The highest BCUT2D eigenvalue weighted by atomic mass is 32.1. The molecule has 0 bridgehead atoms. The van der Waals surface area contributed by atoms with E-state index in [2.05, 4.69) is 20.6 Å². The number of carbonyl (C=O) groups is 2. The molecule has 6 nitrogen and oxygen atoms in total.